The van der Waals surface area contributed by atoms with Crippen LogP contribution in [0.1, 0.15) is 48.6 Å². The number of fused-ring (bicyclic) bond motifs is 2. The van der Waals surface area contributed by atoms with Crippen molar-refractivity contribution in [1.82, 2.24) is 20.2 Å². The molecule has 1 N–H and O–H groups in total. The van der Waals surface area contributed by atoms with Crippen molar-refractivity contribution in [2.45, 2.75) is 43.1 Å². The second kappa shape index (κ2) is 8.32. The number of hydrogen-bond acceptors (Lipinski definition) is 7. The number of ether oxygens (including phenoxy) is 1. The SMILES string of the molecule is OC[C@H]1CN(c2nccc([C@]34CC[C@H](CC3)c3cc(-c5c(F)cccc5F)nnc34)n2)CCO1. The number of rotatable bonds is 4. The number of anilines is 1. The lowest BCUT2D eigenvalue weighted by Crippen LogP contribution is -2.45. The van der Waals surface area contributed by atoms with Gasteiger partial charge in [0.2, 0.25) is 5.95 Å². The van der Waals surface area contributed by atoms with Gasteiger partial charge >= 0.3 is 0 Å². The van der Waals surface area contributed by atoms with Gasteiger partial charge in [0, 0.05) is 19.3 Å². The summed E-state index contributed by atoms with van der Waals surface area (Å²) in [6.07, 6.45) is 5.22. The van der Waals surface area contributed by atoms with E-state index >= 15 is 0 Å². The molecule has 2 bridgehead atoms. The number of halogens is 2. The van der Waals surface area contributed by atoms with Crippen LogP contribution >= 0.6 is 0 Å². The van der Waals surface area contributed by atoms with Gasteiger partial charge < -0.3 is 14.7 Å². The molecule has 0 unspecified atom stereocenters. The Morgan fingerprint density at radius 2 is 1.91 bits per heavy atom. The van der Waals surface area contributed by atoms with E-state index in [1.807, 2.05) is 17.0 Å². The fourth-order valence-corrected chi connectivity index (χ4v) is 5.77. The smallest absolute Gasteiger partial charge is 0.225 e. The fraction of sp³-hybridized carbons (Fsp3) is 0.440. The second-order valence-corrected chi connectivity index (χ2v) is 9.35. The van der Waals surface area contributed by atoms with Crippen molar-refractivity contribution in [3.8, 4) is 11.3 Å². The van der Waals surface area contributed by atoms with Crippen LogP contribution in [-0.4, -0.2) is 57.7 Å². The predicted molar refractivity (Wildman–Crippen MR) is 120 cm³/mol. The number of morpholine rings is 1. The van der Waals surface area contributed by atoms with Crippen LogP contribution < -0.4 is 4.90 Å². The molecule has 176 valence electrons. The number of aliphatic hydroxyl groups is 1. The normalized spacial score (nSPS) is 25.9. The molecule has 1 saturated heterocycles. The second-order valence-electron chi connectivity index (χ2n) is 9.35. The highest BCUT2D eigenvalue weighted by molar-refractivity contribution is 5.62. The van der Waals surface area contributed by atoms with Crippen molar-refractivity contribution in [3.05, 3.63) is 65.1 Å². The Morgan fingerprint density at radius 1 is 1.12 bits per heavy atom. The summed E-state index contributed by atoms with van der Waals surface area (Å²) < 4.78 is 34.4. The van der Waals surface area contributed by atoms with Crippen LogP contribution in [0, 0.1) is 11.6 Å². The van der Waals surface area contributed by atoms with Crippen molar-refractivity contribution < 1.29 is 18.6 Å². The Kier molecular flexibility index (Phi) is 5.26. The van der Waals surface area contributed by atoms with E-state index < -0.39 is 17.0 Å². The summed E-state index contributed by atoms with van der Waals surface area (Å²) in [5.41, 5.74) is 2.45. The third-order valence-electron chi connectivity index (χ3n) is 7.53. The molecule has 2 aromatic heterocycles. The van der Waals surface area contributed by atoms with Gasteiger partial charge in [0.1, 0.15) is 11.6 Å². The first kappa shape index (κ1) is 21.5. The highest BCUT2D eigenvalue weighted by Gasteiger charge is 2.49. The summed E-state index contributed by atoms with van der Waals surface area (Å²) in [6, 6.07) is 7.58. The molecule has 3 aliphatic carbocycles. The molecule has 1 saturated carbocycles. The van der Waals surface area contributed by atoms with Gasteiger partial charge in [-0.2, -0.15) is 5.10 Å². The lowest BCUT2D eigenvalue weighted by Gasteiger charge is -2.46. The van der Waals surface area contributed by atoms with E-state index in [1.54, 1.807) is 6.20 Å². The Hall–Kier alpha value is -3.04. The zero-order chi connectivity index (χ0) is 23.3. The van der Waals surface area contributed by atoms with E-state index in [4.69, 9.17) is 9.72 Å². The van der Waals surface area contributed by atoms with Crippen LogP contribution in [-0.2, 0) is 10.2 Å². The number of aliphatic hydroxyl groups excluding tert-OH is 1. The minimum Gasteiger partial charge on any atom is -0.394 e. The van der Waals surface area contributed by atoms with E-state index in [2.05, 4.69) is 15.2 Å². The molecule has 1 aliphatic heterocycles. The third kappa shape index (κ3) is 3.37. The first-order valence-corrected chi connectivity index (χ1v) is 11.7. The first-order valence-electron chi connectivity index (χ1n) is 11.7. The average molecular weight is 466 g/mol. The number of benzene rings is 1. The number of nitrogens with zero attached hydrogens (tertiary/aromatic N) is 5. The number of aromatic nitrogens is 4. The molecule has 2 fully saturated rings. The summed E-state index contributed by atoms with van der Waals surface area (Å²) in [5.74, 6) is -0.373. The zero-order valence-corrected chi connectivity index (χ0v) is 18.6. The van der Waals surface area contributed by atoms with Crippen LogP contribution in [0.4, 0.5) is 14.7 Å². The first-order chi connectivity index (χ1) is 16.6. The summed E-state index contributed by atoms with van der Waals surface area (Å²) in [7, 11) is 0. The summed E-state index contributed by atoms with van der Waals surface area (Å²) in [5, 5.41) is 18.3. The lowest BCUT2D eigenvalue weighted by atomic mass is 9.58. The molecule has 0 radical (unpaired) electrons. The Labute approximate surface area is 195 Å². The fourth-order valence-electron chi connectivity index (χ4n) is 5.77. The van der Waals surface area contributed by atoms with Crippen LogP contribution in [0.15, 0.2) is 36.5 Å². The van der Waals surface area contributed by atoms with Crippen molar-refractivity contribution >= 4 is 5.95 Å². The van der Waals surface area contributed by atoms with E-state index in [0.29, 0.717) is 31.6 Å². The van der Waals surface area contributed by atoms with E-state index in [1.165, 1.54) is 18.2 Å². The van der Waals surface area contributed by atoms with Crippen LogP contribution in [0.25, 0.3) is 11.3 Å². The van der Waals surface area contributed by atoms with Crippen molar-refractivity contribution in [3.63, 3.8) is 0 Å². The average Bonchev–Trinajstić information content (AvgIpc) is 2.89. The number of hydrogen-bond donors (Lipinski definition) is 1. The highest BCUT2D eigenvalue weighted by Crippen LogP contribution is 2.55. The molecule has 34 heavy (non-hydrogen) atoms. The molecule has 0 spiro atoms. The van der Waals surface area contributed by atoms with Crippen LogP contribution in [0.5, 0.6) is 0 Å². The van der Waals surface area contributed by atoms with Gasteiger partial charge in [-0.15, -0.1) is 5.10 Å². The summed E-state index contributed by atoms with van der Waals surface area (Å²) >= 11 is 0. The molecular weight excluding hydrogens is 440 g/mol. The lowest BCUT2D eigenvalue weighted by molar-refractivity contribution is 0.00311. The zero-order valence-electron chi connectivity index (χ0n) is 18.6. The maximum atomic E-state index is 14.4. The molecule has 0 amide bonds. The van der Waals surface area contributed by atoms with E-state index in [-0.39, 0.29) is 24.0 Å². The minimum absolute atomic E-state index is 0.0462. The maximum Gasteiger partial charge on any atom is 0.225 e. The van der Waals surface area contributed by atoms with Crippen molar-refractivity contribution in [2.24, 2.45) is 0 Å². The molecule has 3 heterocycles. The minimum atomic E-state index is -0.642. The summed E-state index contributed by atoms with van der Waals surface area (Å²) in [6.45, 7) is 1.65. The molecule has 1 aromatic carbocycles. The predicted octanol–water partition coefficient (Wildman–Crippen LogP) is 3.37. The standard InChI is InChI=1S/C25H25F2N5O2/c26-18-2-1-3-19(27)22(18)20-12-17-15-4-7-25(8-5-15,23(17)31-30-20)21-6-9-28-24(29-21)32-10-11-34-16(13-32)14-33/h1-3,6,9,12,15-16,33H,4-5,7-8,10-11,13-14H2/t15-,16-,25+/m1/s1. The largest absolute Gasteiger partial charge is 0.394 e. The Morgan fingerprint density at radius 3 is 2.68 bits per heavy atom. The molecule has 7 rings (SSSR count). The molecule has 3 aromatic rings. The Bertz CT molecular complexity index is 1210. The highest BCUT2D eigenvalue weighted by atomic mass is 19.1. The topological polar surface area (TPSA) is 84.3 Å². The quantitative estimate of drug-likeness (QED) is 0.633. The van der Waals surface area contributed by atoms with Crippen molar-refractivity contribution in [1.29, 1.82) is 0 Å². The molecule has 9 heteroatoms. The molecule has 4 aliphatic rings. The van der Waals surface area contributed by atoms with Gasteiger partial charge in [0.05, 0.1) is 47.4 Å². The van der Waals surface area contributed by atoms with Crippen LogP contribution in [0.2, 0.25) is 0 Å². The van der Waals surface area contributed by atoms with Crippen molar-refractivity contribution in [2.75, 3.05) is 31.2 Å². The van der Waals surface area contributed by atoms with E-state index in [0.717, 1.165) is 42.6 Å². The summed E-state index contributed by atoms with van der Waals surface area (Å²) in [4.78, 5) is 11.5. The van der Waals surface area contributed by atoms with Gasteiger partial charge in [0.25, 0.3) is 0 Å². The van der Waals surface area contributed by atoms with Gasteiger partial charge in [-0.1, -0.05) is 6.07 Å². The van der Waals surface area contributed by atoms with Crippen LogP contribution in [0.3, 0.4) is 0 Å². The van der Waals surface area contributed by atoms with Gasteiger partial charge in [0.15, 0.2) is 0 Å². The Balaban J connectivity index is 1.40. The van der Waals surface area contributed by atoms with E-state index in [9.17, 15) is 13.9 Å². The maximum absolute atomic E-state index is 14.4. The molecule has 7 nitrogen and oxygen atoms in total. The van der Waals surface area contributed by atoms with Gasteiger partial charge in [-0.25, -0.2) is 18.7 Å². The van der Waals surface area contributed by atoms with Gasteiger partial charge in [-0.3, -0.25) is 0 Å². The monoisotopic (exact) mass is 465 g/mol. The molecular formula is C25H25F2N5O2. The van der Waals surface area contributed by atoms with Gasteiger partial charge in [-0.05, 0) is 61.4 Å². The molecule has 1 atom stereocenters. The third-order valence-corrected chi connectivity index (χ3v) is 7.53.